The molecule has 3 heterocycles. The molecule has 0 amide bonds. The monoisotopic (exact) mass is 651 g/mol. The Morgan fingerprint density at radius 3 is 0.875 bits per heavy atom. The van der Waals surface area contributed by atoms with E-state index in [0.717, 1.165) is 96.3 Å². The van der Waals surface area contributed by atoms with Crippen LogP contribution in [0.3, 0.4) is 0 Å². The summed E-state index contributed by atoms with van der Waals surface area (Å²) >= 11 is 0. The van der Waals surface area contributed by atoms with Gasteiger partial charge in [-0.2, -0.15) is 15.8 Å². The van der Waals surface area contributed by atoms with E-state index in [1.807, 2.05) is 0 Å². The van der Waals surface area contributed by atoms with Crippen LogP contribution in [0.15, 0.2) is 0 Å². The smallest absolute Gasteiger partial charge is 0.251 e. The van der Waals surface area contributed by atoms with Crippen LogP contribution >= 0.6 is 0 Å². The summed E-state index contributed by atoms with van der Waals surface area (Å²) in [4.78, 5) is 28.0. The molecule has 0 saturated carbocycles. The van der Waals surface area contributed by atoms with Crippen LogP contribution in [0.5, 0.6) is 17.6 Å². The molecule has 48 heavy (non-hydrogen) atoms. The number of benzene rings is 1. The third-order valence-electron chi connectivity index (χ3n) is 8.04. The van der Waals surface area contributed by atoms with Crippen LogP contribution in [-0.2, 0) is 0 Å². The van der Waals surface area contributed by atoms with E-state index in [4.69, 9.17) is 29.2 Å². The van der Waals surface area contributed by atoms with Gasteiger partial charge in [0, 0.05) is 0 Å². The zero-order chi connectivity index (χ0) is 34.1. The largest absolute Gasteiger partial charge is 0.476 e. The lowest BCUT2D eigenvalue weighted by Gasteiger charge is -2.14. The molecule has 0 aliphatic heterocycles. The predicted octanol–water partition coefficient (Wildman–Crippen LogP) is 8.18. The van der Waals surface area contributed by atoms with Crippen LogP contribution in [-0.4, -0.2) is 49.7 Å². The highest BCUT2D eigenvalue weighted by atomic mass is 16.5. The molecule has 0 atom stereocenters. The molecular weight excluding hydrogens is 606 g/mol. The summed E-state index contributed by atoms with van der Waals surface area (Å²) in [5.41, 5.74) is 1.35. The average molecular weight is 652 g/mol. The highest BCUT2D eigenvalue weighted by molar-refractivity contribution is 6.18. The van der Waals surface area contributed by atoms with Gasteiger partial charge in [0.1, 0.15) is 51.3 Å². The molecule has 0 aliphatic carbocycles. The molecule has 0 aliphatic rings. The van der Waals surface area contributed by atoms with E-state index < -0.39 is 0 Å². The van der Waals surface area contributed by atoms with Crippen molar-refractivity contribution in [1.82, 2.24) is 29.9 Å². The first-order chi connectivity index (χ1) is 23.6. The molecule has 0 saturated heterocycles. The first kappa shape index (κ1) is 36.0. The quantitative estimate of drug-likeness (QED) is 0.0624. The highest BCUT2D eigenvalue weighted by Gasteiger charge is 2.24. The lowest BCUT2D eigenvalue weighted by Crippen LogP contribution is -2.08. The maximum Gasteiger partial charge on any atom is 0.251 e. The van der Waals surface area contributed by atoms with Crippen molar-refractivity contribution in [1.29, 1.82) is 15.8 Å². The summed E-state index contributed by atoms with van der Waals surface area (Å²) in [5, 5.41) is 30.1. The molecule has 0 fully saturated rings. The van der Waals surface area contributed by atoms with Crippen LogP contribution in [0.1, 0.15) is 134 Å². The minimum absolute atomic E-state index is 0.0160. The van der Waals surface area contributed by atoms with Gasteiger partial charge < -0.3 is 14.2 Å². The first-order valence-electron chi connectivity index (χ1n) is 17.5. The fraction of sp³-hybridized carbons (Fsp3) is 0.583. The number of unbranched alkanes of at least 4 members (excludes halogenated alkanes) is 12. The highest BCUT2D eigenvalue weighted by Crippen LogP contribution is 2.35. The number of ether oxygens (including phenoxy) is 3. The molecule has 0 bridgehead atoms. The summed E-state index contributed by atoms with van der Waals surface area (Å²) in [6.07, 6.45) is 15.6. The van der Waals surface area contributed by atoms with Crippen molar-refractivity contribution in [2.45, 2.75) is 117 Å². The second-order valence-corrected chi connectivity index (χ2v) is 11.8. The topological polar surface area (TPSA) is 176 Å². The summed E-state index contributed by atoms with van der Waals surface area (Å²) < 4.78 is 17.9. The first-order valence-corrected chi connectivity index (χ1v) is 17.5. The van der Waals surface area contributed by atoms with Crippen molar-refractivity contribution in [2.75, 3.05) is 19.8 Å². The molecule has 0 radical (unpaired) electrons. The minimum atomic E-state index is -0.0160. The van der Waals surface area contributed by atoms with E-state index >= 15 is 0 Å². The third-order valence-corrected chi connectivity index (χ3v) is 8.04. The van der Waals surface area contributed by atoms with Crippen molar-refractivity contribution in [3.8, 4) is 35.8 Å². The SMILES string of the molecule is CCCCCCCOc1nc2c(nc1C#N)c1nc(OCCCCCCC)c(C#N)nc1c1nc(OCCCCCCC)c(C#N)nc21. The van der Waals surface area contributed by atoms with Crippen LogP contribution in [0, 0.1) is 34.0 Å². The molecule has 252 valence electrons. The van der Waals surface area contributed by atoms with Gasteiger partial charge in [0.15, 0.2) is 0 Å². The summed E-state index contributed by atoms with van der Waals surface area (Å²) in [7, 11) is 0. The minimum Gasteiger partial charge on any atom is -0.476 e. The fourth-order valence-corrected chi connectivity index (χ4v) is 5.39. The van der Waals surface area contributed by atoms with E-state index in [0.29, 0.717) is 19.8 Å². The van der Waals surface area contributed by atoms with Crippen LogP contribution in [0.25, 0.3) is 33.1 Å². The fourth-order valence-electron chi connectivity index (χ4n) is 5.39. The van der Waals surface area contributed by atoms with E-state index in [9.17, 15) is 15.8 Å². The Labute approximate surface area is 282 Å². The van der Waals surface area contributed by atoms with Crippen molar-refractivity contribution in [3.05, 3.63) is 17.1 Å². The maximum absolute atomic E-state index is 10.0. The maximum atomic E-state index is 10.0. The Morgan fingerprint density at radius 2 is 0.625 bits per heavy atom. The van der Waals surface area contributed by atoms with Crippen LogP contribution in [0.4, 0.5) is 0 Å². The number of nitriles is 3. The van der Waals surface area contributed by atoms with E-state index in [1.165, 1.54) is 0 Å². The van der Waals surface area contributed by atoms with E-state index in [-0.39, 0.29) is 67.8 Å². The van der Waals surface area contributed by atoms with Gasteiger partial charge in [-0.1, -0.05) is 97.8 Å². The Hall–Kier alpha value is -4.89. The summed E-state index contributed by atoms with van der Waals surface area (Å²) in [5.74, 6) is 0.206. The van der Waals surface area contributed by atoms with E-state index in [1.54, 1.807) is 0 Å². The zero-order valence-electron chi connectivity index (χ0n) is 28.5. The second-order valence-electron chi connectivity index (χ2n) is 11.8. The Morgan fingerprint density at radius 1 is 0.375 bits per heavy atom. The number of nitrogens with zero attached hydrogens (tertiary/aromatic N) is 9. The molecule has 3 aromatic heterocycles. The van der Waals surface area contributed by atoms with Crippen LogP contribution < -0.4 is 14.2 Å². The third kappa shape index (κ3) is 9.13. The molecule has 4 aromatic rings. The number of aromatic nitrogens is 6. The Bertz CT molecular complexity index is 1570. The molecule has 12 nitrogen and oxygen atoms in total. The lowest BCUT2D eigenvalue weighted by molar-refractivity contribution is 0.292. The van der Waals surface area contributed by atoms with Crippen molar-refractivity contribution in [2.24, 2.45) is 0 Å². The van der Waals surface area contributed by atoms with Gasteiger partial charge >= 0.3 is 0 Å². The van der Waals surface area contributed by atoms with Crippen molar-refractivity contribution in [3.63, 3.8) is 0 Å². The van der Waals surface area contributed by atoms with Gasteiger partial charge in [-0.05, 0) is 19.3 Å². The molecular formula is C36H45N9O3. The van der Waals surface area contributed by atoms with Gasteiger partial charge in [0.05, 0.1) is 19.8 Å². The molecule has 4 rings (SSSR count). The van der Waals surface area contributed by atoms with Gasteiger partial charge in [0.2, 0.25) is 17.1 Å². The van der Waals surface area contributed by atoms with Crippen molar-refractivity contribution < 1.29 is 14.2 Å². The number of hydrogen-bond donors (Lipinski definition) is 0. The van der Waals surface area contributed by atoms with Gasteiger partial charge in [-0.25, -0.2) is 29.9 Å². The standard InChI is InChI=1S/C36H45N9O3/c1-4-7-10-13-16-19-46-34-25(22-37)40-28-31(43-34)29-33(45-35(26(23-38)41-29)47-20-17-14-11-8-5-2)30-32(28)44-36(27(24-39)42-30)48-21-18-15-12-9-6-3/h4-21H2,1-3H3. The normalized spacial score (nSPS) is 11.0. The molecule has 1 aromatic carbocycles. The van der Waals surface area contributed by atoms with Gasteiger partial charge in [-0.3, -0.25) is 0 Å². The molecule has 12 heteroatoms. The number of hydrogen-bond acceptors (Lipinski definition) is 12. The Balaban J connectivity index is 1.83. The number of rotatable bonds is 21. The average Bonchev–Trinajstić information content (AvgIpc) is 3.11. The van der Waals surface area contributed by atoms with Crippen molar-refractivity contribution >= 4 is 33.1 Å². The second kappa shape index (κ2) is 19.1. The summed E-state index contributed by atoms with van der Waals surface area (Å²) in [6, 6.07) is 6.28. The number of fused-ring (bicyclic) bond motifs is 6. The van der Waals surface area contributed by atoms with E-state index in [2.05, 4.69) is 53.9 Å². The van der Waals surface area contributed by atoms with Crippen LogP contribution in [0.2, 0.25) is 0 Å². The zero-order valence-corrected chi connectivity index (χ0v) is 28.5. The van der Waals surface area contributed by atoms with Gasteiger partial charge in [0.25, 0.3) is 17.6 Å². The Kier molecular flexibility index (Phi) is 14.3. The lowest BCUT2D eigenvalue weighted by atomic mass is 10.1. The molecule has 0 spiro atoms. The predicted molar refractivity (Wildman–Crippen MR) is 183 cm³/mol. The van der Waals surface area contributed by atoms with Gasteiger partial charge in [-0.15, -0.1) is 0 Å². The molecule has 0 unspecified atom stereocenters. The molecule has 0 N–H and O–H groups in total. The summed E-state index contributed by atoms with van der Waals surface area (Å²) in [6.45, 7) is 7.60.